The smallest absolute Gasteiger partial charge is 0.410 e. The minimum atomic E-state index is -0.391. The van der Waals surface area contributed by atoms with Gasteiger partial charge in [0.05, 0.1) is 6.20 Å². The van der Waals surface area contributed by atoms with Crippen LogP contribution in [0.2, 0.25) is 0 Å². The molecule has 3 rings (SSSR count). The number of hydrogen-bond donors (Lipinski definition) is 0. The van der Waals surface area contributed by atoms with Crippen LogP contribution in [0.15, 0.2) is 22.8 Å². The second-order valence-corrected chi connectivity index (χ2v) is 6.29. The highest BCUT2D eigenvalue weighted by Crippen LogP contribution is 2.21. The van der Waals surface area contributed by atoms with E-state index in [1.807, 2.05) is 20.8 Å². The third-order valence-electron chi connectivity index (χ3n) is 3.15. The maximum atomic E-state index is 11.5. The summed E-state index contributed by atoms with van der Waals surface area (Å²) in [5.41, 5.74) is 0.372. The molecule has 0 atom stereocenters. The van der Waals surface area contributed by atoms with Crippen molar-refractivity contribution in [1.29, 1.82) is 0 Å². The fourth-order valence-corrected chi connectivity index (χ4v) is 2.11. The van der Waals surface area contributed by atoms with E-state index in [0.717, 1.165) is 25.9 Å². The molecule has 2 aliphatic rings. The number of fused-ring (bicyclic) bond motifs is 1. The predicted octanol–water partition coefficient (Wildman–Crippen LogP) is 3.12. The van der Waals surface area contributed by atoms with E-state index in [-0.39, 0.29) is 17.4 Å². The molecule has 124 valence electrons. The Hall–Kier alpha value is -2.38. The van der Waals surface area contributed by atoms with Gasteiger partial charge in [0.25, 0.3) is 0 Å². The van der Waals surface area contributed by atoms with Crippen molar-refractivity contribution < 1.29 is 14.3 Å². The minimum absolute atomic E-state index is 0.160. The largest absolute Gasteiger partial charge is 0.444 e. The zero-order chi connectivity index (χ0) is 16.9. The van der Waals surface area contributed by atoms with Crippen LogP contribution in [0, 0.1) is 0 Å². The van der Waals surface area contributed by atoms with Crippen molar-refractivity contribution in [3.8, 4) is 0 Å². The quantitative estimate of drug-likeness (QED) is 0.731. The maximum absolute atomic E-state index is 11.5. The van der Waals surface area contributed by atoms with E-state index < -0.39 is 5.91 Å². The third kappa shape index (κ3) is 5.08. The second kappa shape index (κ2) is 7.26. The third-order valence-corrected chi connectivity index (χ3v) is 3.15. The molecular weight excluding hydrogens is 298 g/mol. The SMILES string of the molecule is CC(C)(C)OC(=O)N1CCCCC1.O=C1N=Nc2cncnc21. The number of hydrogen-bond acceptors (Lipinski definition) is 6. The number of carbonyl (C=O) groups is 2. The predicted molar refractivity (Wildman–Crippen MR) is 82.5 cm³/mol. The van der Waals surface area contributed by atoms with Gasteiger partial charge in [0, 0.05) is 13.1 Å². The molecule has 1 fully saturated rings. The molecule has 2 aliphatic heterocycles. The van der Waals surface area contributed by atoms with E-state index in [4.69, 9.17) is 4.74 Å². The summed E-state index contributed by atoms with van der Waals surface area (Å²) in [7, 11) is 0. The lowest BCUT2D eigenvalue weighted by atomic mass is 10.1. The summed E-state index contributed by atoms with van der Waals surface area (Å²) < 4.78 is 5.26. The summed E-state index contributed by atoms with van der Waals surface area (Å²) in [6.45, 7) is 7.41. The van der Waals surface area contributed by atoms with Crippen LogP contribution in [-0.4, -0.2) is 45.6 Å². The van der Waals surface area contributed by atoms with Crippen molar-refractivity contribution in [2.45, 2.75) is 45.6 Å². The number of azo groups is 1. The van der Waals surface area contributed by atoms with E-state index in [1.54, 1.807) is 4.90 Å². The zero-order valence-electron chi connectivity index (χ0n) is 13.7. The average Bonchev–Trinajstić information content (AvgIpc) is 2.89. The Labute approximate surface area is 135 Å². The Kier molecular flexibility index (Phi) is 5.36. The number of amides is 2. The molecule has 3 heterocycles. The van der Waals surface area contributed by atoms with Gasteiger partial charge in [-0.15, -0.1) is 10.2 Å². The molecule has 1 aromatic rings. The van der Waals surface area contributed by atoms with Gasteiger partial charge in [0.2, 0.25) is 0 Å². The average molecular weight is 319 g/mol. The number of nitrogens with zero attached hydrogens (tertiary/aromatic N) is 5. The van der Waals surface area contributed by atoms with Crippen LogP contribution in [0.4, 0.5) is 10.5 Å². The van der Waals surface area contributed by atoms with Crippen molar-refractivity contribution in [2.75, 3.05) is 13.1 Å². The molecule has 0 unspecified atom stereocenters. The molecule has 0 saturated carbocycles. The maximum Gasteiger partial charge on any atom is 0.410 e. The Balaban J connectivity index is 0.000000172. The van der Waals surface area contributed by atoms with Gasteiger partial charge in [-0.05, 0) is 40.0 Å². The molecule has 0 radical (unpaired) electrons. The van der Waals surface area contributed by atoms with Crippen molar-refractivity contribution >= 4 is 17.7 Å². The Bertz CT molecular complexity index is 603. The van der Waals surface area contributed by atoms with Crippen molar-refractivity contribution in [3.05, 3.63) is 18.2 Å². The molecule has 0 bridgehead atoms. The van der Waals surface area contributed by atoms with Gasteiger partial charge in [-0.2, -0.15) is 0 Å². The van der Waals surface area contributed by atoms with Crippen LogP contribution in [0.3, 0.4) is 0 Å². The first kappa shape index (κ1) is 17.0. The van der Waals surface area contributed by atoms with Crippen LogP contribution in [-0.2, 0) is 4.74 Å². The van der Waals surface area contributed by atoms with Crippen molar-refractivity contribution in [2.24, 2.45) is 10.2 Å². The number of likely N-dealkylation sites (tertiary alicyclic amines) is 1. The van der Waals surface area contributed by atoms with Gasteiger partial charge in [0.15, 0.2) is 5.69 Å². The zero-order valence-corrected chi connectivity index (χ0v) is 13.7. The highest BCUT2D eigenvalue weighted by Gasteiger charge is 2.23. The van der Waals surface area contributed by atoms with E-state index in [2.05, 4.69) is 20.2 Å². The van der Waals surface area contributed by atoms with E-state index in [1.165, 1.54) is 18.9 Å². The molecule has 1 saturated heterocycles. The highest BCUT2D eigenvalue weighted by atomic mass is 16.6. The fourth-order valence-electron chi connectivity index (χ4n) is 2.11. The summed E-state index contributed by atoms with van der Waals surface area (Å²) >= 11 is 0. The molecule has 23 heavy (non-hydrogen) atoms. The lowest BCUT2D eigenvalue weighted by Crippen LogP contribution is -2.39. The van der Waals surface area contributed by atoms with E-state index in [9.17, 15) is 9.59 Å². The van der Waals surface area contributed by atoms with Gasteiger partial charge in [-0.1, -0.05) is 0 Å². The number of carbonyl (C=O) groups excluding carboxylic acids is 2. The normalized spacial score (nSPS) is 16.5. The van der Waals surface area contributed by atoms with E-state index in [0.29, 0.717) is 5.69 Å². The molecule has 0 aromatic carbocycles. The van der Waals surface area contributed by atoms with Gasteiger partial charge in [-0.25, -0.2) is 14.8 Å². The van der Waals surface area contributed by atoms with Crippen LogP contribution in [0.5, 0.6) is 0 Å². The summed E-state index contributed by atoms with van der Waals surface area (Å²) in [4.78, 5) is 31.4. The van der Waals surface area contributed by atoms with Gasteiger partial charge >= 0.3 is 12.0 Å². The molecule has 0 aliphatic carbocycles. The number of rotatable bonds is 0. The molecular formula is C15H21N5O3. The van der Waals surface area contributed by atoms with Crippen LogP contribution in [0.25, 0.3) is 0 Å². The Morgan fingerprint density at radius 1 is 1.17 bits per heavy atom. The summed E-state index contributed by atoms with van der Waals surface area (Å²) in [5, 5.41) is 6.82. The topological polar surface area (TPSA) is 97.1 Å². The van der Waals surface area contributed by atoms with Gasteiger partial charge < -0.3 is 9.64 Å². The van der Waals surface area contributed by atoms with Gasteiger partial charge in [-0.3, -0.25) is 4.79 Å². The highest BCUT2D eigenvalue weighted by molar-refractivity contribution is 5.99. The fraction of sp³-hybridized carbons (Fsp3) is 0.600. The standard InChI is InChI=1S/C10H19NO2.C5H2N4O/c1-10(2,3)13-9(12)11-7-5-4-6-8-11;10-5-4-3(8-9-5)1-6-2-7-4/h4-8H2,1-3H3;1-2H. The lowest BCUT2D eigenvalue weighted by molar-refractivity contribution is 0.0216. The second-order valence-electron chi connectivity index (χ2n) is 6.29. The van der Waals surface area contributed by atoms with Crippen molar-refractivity contribution in [3.63, 3.8) is 0 Å². The molecule has 8 heteroatoms. The van der Waals surface area contributed by atoms with Crippen LogP contribution >= 0.6 is 0 Å². The molecule has 8 nitrogen and oxygen atoms in total. The van der Waals surface area contributed by atoms with E-state index >= 15 is 0 Å². The Morgan fingerprint density at radius 2 is 1.87 bits per heavy atom. The first-order valence-corrected chi connectivity index (χ1v) is 7.61. The number of aromatic nitrogens is 2. The first-order valence-electron chi connectivity index (χ1n) is 7.61. The van der Waals surface area contributed by atoms with Crippen LogP contribution < -0.4 is 0 Å². The molecule has 2 amide bonds. The summed E-state index contributed by atoms with van der Waals surface area (Å²) in [6.07, 6.45) is 6.05. The summed E-state index contributed by atoms with van der Waals surface area (Å²) in [5.74, 6) is -0.391. The Morgan fingerprint density at radius 3 is 2.48 bits per heavy atom. The monoisotopic (exact) mass is 319 g/mol. The summed E-state index contributed by atoms with van der Waals surface area (Å²) in [6, 6.07) is 0. The van der Waals surface area contributed by atoms with Gasteiger partial charge in [0.1, 0.15) is 17.6 Å². The van der Waals surface area contributed by atoms with Crippen LogP contribution in [0.1, 0.15) is 50.5 Å². The number of piperidine rings is 1. The number of ether oxygens (including phenoxy) is 1. The molecule has 0 N–H and O–H groups in total. The molecule has 0 spiro atoms. The first-order chi connectivity index (χ1) is 10.9. The lowest BCUT2D eigenvalue weighted by Gasteiger charge is -2.29. The van der Waals surface area contributed by atoms with Crippen molar-refractivity contribution in [1.82, 2.24) is 14.9 Å². The molecule has 1 aromatic heterocycles. The minimum Gasteiger partial charge on any atom is -0.444 e.